The van der Waals surface area contributed by atoms with Crippen LogP contribution < -0.4 is 9.80 Å². The first-order chi connectivity index (χ1) is 15.1. The van der Waals surface area contributed by atoms with E-state index in [9.17, 15) is 14.0 Å². The first-order valence-electron chi connectivity index (χ1n) is 9.83. The Balaban J connectivity index is 1.88. The van der Waals surface area contributed by atoms with Crippen LogP contribution in [0.4, 0.5) is 21.5 Å². The molecule has 1 amide bonds. The lowest BCUT2D eigenvalue weighted by Crippen LogP contribution is -2.44. The molecule has 0 radical (unpaired) electrons. The van der Waals surface area contributed by atoms with Crippen LogP contribution in [-0.2, 0) is 20.7 Å². The first kappa shape index (κ1) is 23.6. The van der Waals surface area contributed by atoms with E-state index < -0.39 is 17.3 Å². The Morgan fingerprint density at radius 3 is 2.50 bits per heavy atom. The molecule has 166 valence electrons. The Morgan fingerprint density at radius 2 is 1.91 bits per heavy atom. The van der Waals surface area contributed by atoms with Crippen LogP contribution in [-0.4, -0.2) is 29.6 Å². The highest BCUT2D eigenvalue weighted by molar-refractivity contribution is 7.81. The fourth-order valence-corrected chi connectivity index (χ4v) is 4.30. The number of amides is 1. The summed E-state index contributed by atoms with van der Waals surface area (Å²) in [6, 6.07) is 10.2. The fraction of sp³-hybridized carbons (Fsp3) is 0.304. The van der Waals surface area contributed by atoms with Crippen LogP contribution in [0, 0.1) is 12.4 Å². The van der Waals surface area contributed by atoms with E-state index >= 15 is 0 Å². The van der Waals surface area contributed by atoms with Gasteiger partial charge in [-0.15, -0.1) is 0 Å². The molecule has 0 N–H and O–H groups in total. The molecule has 6 nitrogen and oxygen atoms in total. The van der Waals surface area contributed by atoms with Crippen LogP contribution in [0.15, 0.2) is 36.4 Å². The molecule has 2 aromatic rings. The van der Waals surface area contributed by atoms with Gasteiger partial charge in [0.1, 0.15) is 5.54 Å². The Bertz CT molecular complexity index is 1130. The second-order valence-electron chi connectivity index (χ2n) is 7.76. The molecule has 0 atom stereocenters. The molecule has 0 aliphatic carbocycles. The molecule has 32 heavy (non-hydrogen) atoms. The number of anilines is 2. The number of rotatable bonds is 6. The van der Waals surface area contributed by atoms with Gasteiger partial charge in [-0.1, -0.05) is 29.8 Å². The molecule has 1 aliphatic rings. The number of halogens is 2. The quantitative estimate of drug-likeness (QED) is 0.317. The molecule has 0 bridgehead atoms. The molecule has 1 fully saturated rings. The van der Waals surface area contributed by atoms with E-state index in [1.807, 2.05) is 24.3 Å². The third kappa shape index (κ3) is 4.18. The fourth-order valence-electron chi connectivity index (χ4n) is 3.58. The normalized spacial score (nSPS) is 15.1. The Kier molecular flexibility index (Phi) is 6.82. The van der Waals surface area contributed by atoms with E-state index in [1.165, 1.54) is 19.2 Å². The predicted molar refractivity (Wildman–Crippen MR) is 126 cm³/mol. The SMILES string of the molecule is [C-]#[N+]c1ccc(N2C(=O)C(C)(C)N(c3ccc(CCCC(=O)OC)cc3)C2=S)c(F)c1Cl. The Labute approximate surface area is 196 Å². The molecular formula is C23H21ClFN3O3S. The number of benzene rings is 2. The second-order valence-corrected chi connectivity index (χ2v) is 8.50. The van der Waals surface area contributed by atoms with Gasteiger partial charge in [0.15, 0.2) is 10.9 Å². The summed E-state index contributed by atoms with van der Waals surface area (Å²) in [6.07, 6.45) is 1.70. The molecule has 2 aromatic carbocycles. The van der Waals surface area contributed by atoms with Gasteiger partial charge >= 0.3 is 5.97 Å². The van der Waals surface area contributed by atoms with Crippen LogP contribution in [0.5, 0.6) is 0 Å². The molecule has 0 saturated carbocycles. The highest BCUT2D eigenvalue weighted by atomic mass is 35.5. The van der Waals surface area contributed by atoms with E-state index in [2.05, 4.69) is 9.58 Å². The summed E-state index contributed by atoms with van der Waals surface area (Å²) in [5, 5.41) is -0.232. The minimum absolute atomic E-state index is 0.0376. The van der Waals surface area contributed by atoms with Gasteiger partial charge in [-0.2, -0.15) is 0 Å². The van der Waals surface area contributed by atoms with E-state index in [-0.39, 0.29) is 27.5 Å². The van der Waals surface area contributed by atoms with E-state index in [1.54, 1.807) is 18.7 Å². The third-order valence-electron chi connectivity index (χ3n) is 5.34. The molecule has 1 heterocycles. The monoisotopic (exact) mass is 473 g/mol. The van der Waals surface area contributed by atoms with Crippen LogP contribution in [0.3, 0.4) is 0 Å². The van der Waals surface area contributed by atoms with Gasteiger partial charge in [0.05, 0.1) is 24.4 Å². The second kappa shape index (κ2) is 9.23. The summed E-state index contributed by atoms with van der Waals surface area (Å²) >= 11 is 11.5. The van der Waals surface area contributed by atoms with Crippen molar-refractivity contribution in [1.82, 2.24) is 0 Å². The molecule has 1 aliphatic heterocycles. The zero-order valence-corrected chi connectivity index (χ0v) is 19.4. The van der Waals surface area contributed by atoms with Crippen molar-refractivity contribution in [2.45, 2.75) is 38.6 Å². The van der Waals surface area contributed by atoms with Crippen molar-refractivity contribution in [3.63, 3.8) is 0 Å². The topological polar surface area (TPSA) is 54.2 Å². The number of methoxy groups -OCH3 is 1. The van der Waals surface area contributed by atoms with Gasteiger partial charge in [0.25, 0.3) is 5.91 Å². The Hall–Kier alpha value is -3.02. The summed E-state index contributed by atoms with van der Waals surface area (Å²) in [5.74, 6) is -1.52. The van der Waals surface area contributed by atoms with Crippen molar-refractivity contribution in [2.24, 2.45) is 0 Å². The van der Waals surface area contributed by atoms with Crippen LogP contribution in [0.1, 0.15) is 32.3 Å². The number of hydrogen-bond acceptors (Lipinski definition) is 4. The van der Waals surface area contributed by atoms with Crippen molar-refractivity contribution in [2.75, 3.05) is 16.9 Å². The molecule has 3 rings (SSSR count). The summed E-state index contributed by atoms with van der Waals surface area (Å²) in [5.41, 5.74) is 0.505. The maximum absolute atomic E-state index is 14.9. The van der Waals surface area contributed by atoms with Crippen molar-refractivity contribution < 1.29 is 18.7 Å². The number of esters is 1. The number of aryl methyl sites for hydroxylation is 1. The minimum Gasteiger partial charge on any atom is -0.469 e. The lowest BCUT2D eigenvalue weighted by molar-refractivity contribution is -0.140. The third-order valence-corrected chi connectivity index (χ3v) is 6.06. The standard InChI is InChI=1S/C23H21ClFN3O3S/c1-23(2)21(30)27(17-13-12-16(26-3)19(24)20(17)25)22(32)28(23)15-10-8-14(9-11-15)6-5-7-18(29)31-4/h8-13H,5-7H2,1-2,4H3. The highest BCUT2D eigenvalue weighted by Gasteiger charge is 2.51. The van der Waals surface area contributed by atoms with Crippen molar-refractivity contribution >= 4 is 57.9 Å². The number of ether oxygens (including phenoxy) is 1. The maximum Gasteiger partial charge on any atom is 0.305 e. The van der Waals surface area contributed by atoms with Crippen molar-refractivity contribution in [1.29, 1.82) is 0 Å². The molecule has 0 aromatic heterocycles. The zero-order chi connectivity index (χ0) is 23.6. The van der Waals surface area contributed by atoms with E-state index in [0.29, 0.717) is 24.9 Å². The van der Waals surface area contributed by atoms with Crippen LogP contribution >= 0.6 is 23.8 Å². The molecule has 0 spiro atoms. The smallest absolute Gasteiger partial charge is 0.305 e. The zero-order valence-electron chi connectivity index (χ0n) is 17.8. The maximum atomic E-state index is 14.9. The van der Waals surface area contributed by atoms with Gasteiger partial charge in [0, 0.05) is 12.1 Å². The number of hydrogen-bond donors (Lipinski definition) is 0. The molecular weight excluding hydrogens is 453 g/mol. The van der Waals surface area contributed by atoms with Gasteiger partial charge < -0.3 is 9.64 Å². The number of nitrogens with zero attached hydrogens (tertiary/aromatic N) is 3. The highest BCUT2D eigenvalue weighted by Crippen LogP contribution is 2.40. The minimum atomic E-state index is -1.07. The van der Waals surface area contributed by atoms with Gasteiger partial charge in [0.2, 0.25) is 5.69 Å². The average molecular weight is 474 g/mol. The largest absolute Gasteiger partial charge is 0.469 e. The summed E-state index contributed by atoms with van der Waals surface area (Å²) < 4.78 is 19.6. The molecule has 9 heteroatoms. The van der Waals surface area contributed by atoms with Crippen LogP contribution in [0.25, 0.3) is 4.85 Å². The number of thiocarbonyl (C=S) groups is 1. The van der Waals surface area contributed by atoms with Crippen molar-refractivity contribution in [3.8, 4) is 0 Å². The van der Waals surface area contributed by atoms with E-state index in [0.717, 1.165) is 10.5 Å². The first-order valence-corrected chi connectivity index (χ1v) is 10.6. The van der Waals surface area contributed by atoms with Crippen molar-refractivity contribution in [3.05, 3.63) is 64.2 Å². The van der Waals surface area contributed by atoms with Gasteiger partial charge in [-0.05, 0) is 62.7 Å². The van der Waals surface area contributed by atoms with Crippen LogP contribution in [0.2, 0.25) is 5.02 Å². The molecule has 0 unspecified atom stereocenters. The van der Waals surface area contributed by atoms with Gasteiger partial charge in [-0.3, -0.25) is 14.5 Å². The summed E-state index contributed by atoms with van der Waals surface area (Å²) in [7, 11) is 1.36. The van der Waals surface area contributed by atoms with E-state index in [4.69, 9.17) is 30.4 Å². The average Bonchev–Trinajstić information content (AvgIpc) is 2.94. The predicted octanol–water partition coefficient (Wildman–Crippen LogP) is 5.44. The summed E-state index contributed by atoms with van der Waals surface area (Å²) in [4.78, 5) is 30.5. The number of carbonyl (C=O) groups is 2. The lowest BCUT2D eigenvalue weighted by Gasteiger charge is -2.29. The number of carbonyl (C=O) groups excluding carboxylic acids is 2. The molecule has 1 saturated heterocycles. The van der Waals surface area contributed by atoms with Gasteiger partial charge in [-0.25, -0.2) is 9.24 Å². The summed E-state index contributed by atoms with van der Waals surface area (Å²) in [6.45, 7) is 10.5. The lowest BCUT2D eigenvalue weighted by atomic mass is 10.0. The Morgan fingerprint density at radius 1 is 1.25 bits per heavy atom.